The van der Waals surface area contributed by atoms with Crippen LogP contribution >= 0.6 is 0 Å². The second kappa shape index (κ2) is 4.99. The summed E-state index contributed by atoms with van der Waals surface area (Å²) in [6.45, 7) is 3.23. The van der Waals surface area contributed by atoms with Crippen LogP contribution < -0.4 is 5.32 Å². The topological polar surface area (TPSA) is 86.8 Å². The first-order chi connectivity index (χ1) is 8.95. The maximum atomic E-state index is 11.8. The molecule has 0 unspecified atom stereocenters. The summed E-state index contributed by atoms with van der Waals surface area (Å²) in [4.78, 5) is 48.1. The zero-order chi connectivity index (χ0) is 14.2. The van der Waals surface area contributed by atoms with Crippen molar-refractivity contribution in [2.45, 2.75) is 32.7 Å². The number of carbonyl (C=O) groups is 4. The summed E-state index contributed by atoms with van der Waals surface area (Å²) in [7, 11) is 0. The largest absolute Gasteiger partial charge is 0.352 e. The minimum absolute atomic E-state index is 0.0401. The van der Waals surface area contributed by atoms with Gasteiger partial charge in [-0.3, -0.25) is 19.3 Å². The molecule has 1 saturated carbocycles. The van der Waals surface area contributed by atoms with Crippen LogP contribution in [-0.2, 0) is 14.4 Å². The zero-order valence-corrected chi connectivity index (χ0v) is 11.0. The van der Waals surface area contributed by atoms with Gasteiger partial charge in [0, 0.05) is 12.6 Å². The second-order valence-electron chi connectivity index (χ2n) is 4.92. The Balaban J connectivity index is 1.94. The fourth-order valence-electron chi connectivity index (χ4n) is 2.13. The first-order valence-corrected chi connectivity index (χ1v) is 6.42. The lowest BCUT2D eigenvalue weighted by molar-refractivity contribution is -0.144. The van der Waals surface area contributed by atoms with E-state index in [-0.39, 0.29) is 12.6 Å². The molecule has 1 atom stereocenters. The van der Waals surface area contributed by atoms with E-state index in [1.165, 1.54) is 0 Å². The van der Waals surface area contributed by atoms with Crippen molar-refractivity contribution in [3.05, 3.63) is 0 Å². The summed E-state index contributed by atoms with van der Waals surface area (Å²) in [5.74, 6) is -1.72. The number of hydrogen-bond acceptors (Lipinski definition) is 4. The van der Waals surface area contributed by atoms with E-state index in [1.54, 1.807) is 6.92 Å². The van der Waals surface area contributed by atoms with Gasteiger partial charge in [-0.25, -0.2) is 9.69 Å². The first-order valence-electron chi connectivity index (χ1n) is 6.42. The molecule has 5 amide bonds. The van der Waals surface area contributed by atoms with E-state index < -0.39 is 30.3 Å². The van der Waals surface area contributed by atoms with E-state index >= 15 is 0 Å². The molecule has 19 heavy (non-hydrogen) atoms. The fraction of sp³-hybridized carbons (Fsp3) is 0.667. The van der Waals surface area contributed by atoms with Crippen LogP contribution in [0.25, 0.3) is 0 Å². The average molecular weight is 267 g/mol. The van der Waals surface area contributed by atoms with Gasteiger partial charge >= 0.3 is 17.8 Å². The Morgan fingerprint density at radius 1 is 1.26 bits per heavy atom. The quantitative estimate of drug-likeness (QED) is 0.548. The van der Waals surface area contributed by atoms with Crippen LogP contribution in [0.1, 0.15) is 26.7 Å². The van der Waals surface area contributed by atoms with E-state index in [0.29, 0.717) is 10.8 Å². The minimum atomic E-state index is -0.930. The van der Waals surface area contributed by atoms with Crippen molar-refractivity contribution < 1.29 is 19.2 Å². The summed E-state index contributed by atoms with van der Waals surface area (Å²) in [6, 6.07) is -0.676. The van der Waals surface area contributed by atoms with Crippen LogP contribution in [0.4, 0.5) is 4.79 Å². The number of imide groups is 2. The minimum Gasteiger partial charge on any atom is -0.352 e. The van der Waals surface area contributed by atoms with Crippen molar-refractivity contribution in [2.75, 3.05) is 13.1 Å². The Bertz CT molecular complexity index is 444. The molecule has 104 valence electrons. The summed E-state index contributed by atoms with van der Waals surface area (Å²) < 4.78 is 0. The predicted molar refractivity (Wildman–Crippen MR) is 64.8 cm³/mol. The Hall–Kier alpha value is -1.92. The van der Waals surface area contributed by atoms with Crippen LogP contribution in [0.15, 0.2) is 0 Å². The van der Waals surface area contributed by atoms with E-state index in [2.05, 4.69) is 5.32 Å². The SMILES string of the molecule is CCN1C(=O)C(=O)N(CC(=O)N[C@H](C)C2CC2)C1=O. The van der Waals surface area contributed by atoms with E-state index in [1.807, 2.05) is 6.92 Å². The van der Waals surface area contributed by atoms with Crippen molar-refractivity contribution in [3.63, 3.8) is 0 Å². The zero-order valence-electron chi connectivity index (χ0n) is 11.0. The van der Waals surface area contributed by atoms with Gasteiger partial charge in [-0.2, -0.15) is 0 Å². The number of amides is 5. The van der Waals surface area contributed by atoms with E-state index in [9.17, 15) is 19.2 Å². The first kappa shape index (κ1) is 13.5. The van der Waals surface area contributed by atoms with Gasteiger partial charge in [0.05, 0.1) is 0 Å². The molecule has 7 heteroatoms. The molecule has 1 heterocycles. The maximum Gasteiger partial charge on any atom is 0.334 e. The monoisotopic (exact) mass is 267 g/mol. The lowest BCUT2D eigenvalue weighted by Gasteiger charge is -2.16. The molecular weight excluding hydrogens is 250 g/mol. The van der Waals surface area contributed by atoms with Gasteiger partial charge < -0.3 is 5.32 Å². The van der Waals surface area contributed by atoms with Crippen molar-refractivity contribution in [2.24, 2.45) is 5.92 Å². The number of urea groups is 1. The lowest BCUT2D eigenvalue weighted by atomic mass is 10.2. The molecule has 1 aliphatic carbocycles. The molecule has 0 aromatic rings. The third-order valence-corrected chi connectivity index (χ3v) is 3.47. The van der Waals surface area contributed by atoms with Gasteiger partial charge in [-0.1, -0.05) is 0 Å². The molecule has 2 fully saturated rings. The number of hydrogen-bond donors (Lipinski definition) is 1. The highest BCUT2D eigenvalue weighted by Crippen LogP contribution is 2.32. The van der Waals surface area contributed by atoms with Gasteiger partial charge in [0.2, 0.25) is 5.91 Å². The molecule has 2 rings (SSSR count). The molecule has 0 radical (unpaired) electrons. The molecule has 1 N–H and O–H groups in total. The van der Waals surface area contributed by atoms with Crippen LogP contribution in [0.2, 0.25) is 0 Å². The van der Waals surface area contributed by atoms with Crippen molar-refractivity contribution in [1.29, 1.82) is 0 Å². The molecule has 0 spiro atoms. The molecule has 0 aromatic heterocycles. The molecule has 1 aliphatic heterocycles. The lowest BCUT2D eigenvalue weighted by Crippen LogP contribution is -2.44. The molecule has 0 bridgehead atoms. The van der Waals surface area contributed by atoms with Crippen LogP contribution in [-0.4, -0.2) is 52.7 Å². The summed E-state index contributed by atoms with van der Waals surface area (Å²) in [5, 5.41) is 2.74. The summed E-state index contributed by atoms with van der Waals surface area (Å²) >= 11 is 0. The number of nitrogens with one attached hydrogen (secondary N) is 1. The van der Waals surface area contributed by atoms with Crippen LogP contribution in [0.5, 0.6) is 0 Å². The summed E-state index contributed by atoms with van der Waals surface area (Å²) in [6.07, 6.45) is 2.18. The number of likely N-dealkylation sites (N-methyl/N-ethyl adjacent to an activating group) is 1. The highest BCUT2D eigenvalue weighted by molar-refractivity contribution is 6.45. The molecular formula is C12H17N3O4. The molecule has 0 aromatic carbocycles. The number of nitrogens with zero attached hydrogens (tertiary/aromatic N) is 2. The Morgan fingerprint density at radius 3 is 2.32 bits per heavy atom. The standard InChI is InChI=1S/C12H17N3O4/c1-3-14-10(17)11(18)15(12(14)19)6-9(16)13-7(2)8-4-5-8/h7-8H,3-6H2,1-2H3,(H,13,16)/t7-/m1/s1. The van der Waals surface area contributed by atoms with Crippen LogP contribution in [0.3, 0.4) is 0 Å². The third-order valence-electron chi connectivity index (χ3n) is 3.47. The van der Waals surface area contributed by atoms with Crippen molar-refractivity contribution in [1.82, 2.24) is 15.1 Å². The third kappa shape index (κ3) is 2.59. The highest BCUT2D eigenvalue weighted by Gasteiger charge is 2.44. The molecule has 7 nitrogen and oxygen atoms in total. The number of carbonyl (C=O) groups excluding carboxylic acids is 4. The second-order valence-corrected chi connectivity index (χ2v) is 4.92. The van der Waals surface area contributed by atoms with Crippen molar-refractivity contribution in [3.8, 4) is 0 Å². The van der Waals surface area contributed by atoms with Crippen molar-refractivity contribution >= 4 is 23.8 Å². The van der Waals surface area contributed by atoms with Gasteiger partial charge in [-0.05, 0) is 32.6 Å². The van der Waals surface area contributed by atoms with E-state index in [0.717, 1.165) is 17.7 Å². The summed E-state index contributed by atoms with van der Waals surface area (Å²) in [5.41, 5.74) is 0. The van der Waals surface area contributed by atoms with Crippen LogP contribution in [0, 0.1) is 5.92 Å². The van der Waals surface area contributed by atoms with Gasteiger partial charge in [-0.15, -0.1) is 0 Å². The Labute approximate surface area is 110 Å². The fourth-order valence-corrected chi connectivity index (χ4v) is 2.13. The molecule has 2 aliphatic rings. The Morgan fingerprint density at radius 2 is 1.84 bits per heavy atom. The highest BCUT2D eigenvalue weighted by atomic mass is 16.2. The normalized spacial score (nSPS) is 21.1. The van der Waals surface area contributed by atoms with Gasteiger partial charge in [0.25, 0.3) is 0 Å². The van der Waals surface area contributed by atoms with E-state index in [4.69, 9.17) is 0 Å². The maximum absolute atomic E-state index is 11.8. The average Bonchev–Trinajstić information content (AvgIpc) is 3.16. The predicted octanol–water partition coefficient (Wildman–Crippen LogP) is -0.288. The number of rotatable bonds is 5. The Kier molecular flexibility index (Phi) is 3.55. The smallest absolute Gasteiger partial charge is 0.334 e. The molecule has 1 saturated heterocycles. The van der Waals surface area contributed by atoms with Gasteiger partial charge in [0.15, 0.2) is 0 Å². The van der Waals surface area contributed by atoms with Gasteiger partial charge in [0.1, 0.15) is 6.54 Å².